The Hall–Kier alpha value is -7.00. The van der Waals surface area contributed by atoms with Crippen LogP contribution in [-0.2, 0) is 10.8 Å². The number of rotatable bonds is 6. The summed E-state index contributed by atoms with van der Waals surface area (Å²) >= 11 is 1.87. The van der Waals surface area contributed by atoms with Crippen molar-refractivity contribution in [1.29, 1.82) is 0 Å². The monoisotopic (exact) mass is 783 g/mol. The fourth-order valence-corrected chi connectivity index (χ4v) is 11.8. The van der Waals surface area contributed by atoms with Crippen molar-refractivity contribution in [2.75, 3.05) is 4.90 Å². The first-order valence-electron chi connectivity index (χ1n) is 20.9. The van der Waals surface area contributed by atoms with Crippen molar-refractivity contribution in [3.63, 3.8) is 0 Å². The molecule has 0 N–H and O–H groups in total. The molecule has 2 atom stereocenters. The quantitative estimate of drug-likeness (QED) is 0.162. The van der Waals surface area contributed by atoms with E-state index in [2.05, 4.69) is 231 Å². The molecule has 1 aromatic heterocycles. The Morgan fingerprint density at radius 3 is 1.43 bits per heavy atom. The molecule has 1 heterocycles. The number of hydrogen-bond acceptors (Lipinski definition) is 2. The zero-order chi connectivity index (χ0) is 40.0. The van der Waals surface area contributed by atoms with Crippen LogP contribution in [0.5, 0.6) is 0 Å². The highest BCUT2D eigenvalue weighted by molar-refractivity contribution is 7.25. The molecule has 0 radical (unpaired) electrons. The Kier molecular flexibility index (Phi) is 7.73. The number of nitrogens with zero attached hydrogens (tertiary/aromatic N) is 1. The molecule has 12 rings (SSSR count). The minimum atomic E-state index is -0.266. The van der Waals surface area contributed by atoms with Gasteiger partial charge in [0.1, 0.15) is 0 Å². The number of fused-ring (bicyclic) bond motifs is 9. The van der Waals surface area contributed by atoms with E-state index < -0.39 is 0 Å². The standard InChI is InChI=1S/C58H41NS/c1-57(39-18-5-3-6-19-39)50-27-12-9-23-45(50)48-36-42(31-33-52(48)57)59(41-22-15-17-38(35-41)44-26-16-30-55-56(44)47-25-11-14-29-54(47)60-55)43-32-34-53-49(37-43)46-24-10-13-28-51(46)58(53,2)40-20-7-4-8-21-40/h3-37H,1-2H3. The molecule has 9 aromatic carbocycles. The second-order valence-electron chi connectivity index (χ2n) is 16.7. The fourth-order valence-electron chi connectivity index (χ4n) is 10.7. The van der Waals surface area contributed by atoms with Gasteiger partial charge in [-0.25, -0.2) is 0 Å². The van der Waals surface area contributed by atoms with Gasteiger partial charge in [-0.2, -0.15) is 0 Å². The summed E-state index contributed by atoms with van der Waals surface area (Å²) in [4.78, 5) is 2.48. The summed E-state index contributed by atoms with van der Waals surface area (Å²) in [5.74, 6) is 0. The zero-order valence-electron chi connectivity index (χ0n) is 33.6. The number of benzene rings is 9. The van der Waals surface area contributed by atoms with Gasteiger partial charge in [-0.05, 0) is 129 Å². The van der Waals surface area contributed by atoms with Crippen molar-refractivity contribution >= 4 is 48.6 Å². The van der Waals surface area contributed by atoms with Gasteiger partial charge in [0.25, 0.3) is 0 Å². The van der Waals surface area contributed by atoms with Gasteiger partial charge in [-0.3, -0.25) is 0 Å². The number of anilines is 3. The highest BCUT2D eigenvalue weighted by atomic mass is 32.1. The summed E-state index contributed by atoms with van der Waals surface area (Å²) in [6, 6.07) is 79.1. The Labute approximate surface area is 355 Å². The normalized spacial score (nSPS) is 17.3. The minimum absolute atomic E-state index is 0.266. The van der Waals surface area contributed by atoms with E-state index in [0.29, 0.717) is 0 Å². The lowest BCUT2D eigenvalue weighted by Gasteiger charge is -2.31. The van der Waals surface area contributed by atoms with Gasteiger partial charge in [0, 0.05) is 48.1 Å². The van der Waals surface area contributed by atoms with Crippen molar-refractivity contribution in [2.24, 2.45) is 0 Å². The van der Waals surface area contributed by atoms with Gasteiger partial charge in [0.15, 0.2) is 0 Å². The maximum absolute atomic E-state index is 2.48. The number of thiophene rings is 1. The smallest absolute Gasteiger partial charge is 0.0468 e. The van der Waals surface area contributed by atoms with E-state index in [0.717, 1.165) is 17.1 Å². The van der Waals surface area contributed by atoms with Crippen molar-refractivity contribution in [3.05, 3.63) is 246 Å². The van der Waals surface area contributed by atoms with Crippen LogP contribution in [0, 0.1) is 0 Å². The molecular weight excluding hydrogens is 743 g/mol. The third kappa shape index (κ3) is 4.98. The molecule has 284 valence electrons. The Morgan fingerprint density at radius 2 is 0.817 bits per heavy atom. The van der Waals surface area contributed by atoms with E-state index in [1.54, 1.807) is 0 Å². The second kappa shape index (κ2) is 13.3. The molecule has 0 aliphatic heterocycles. The SMILES string of the molecule is CC1(c2ccccc2)c2ccccc2-c2cc(N(c3cccc(-c4cccc5sc6ccccc6c45)c3)c3ccc4c(c3)-c3ccccc3C4(C)c3ccccc3)ccc21. The average molecular weight is 784 g/mol. The lowest BCUT2D eigenvalue weighted by molar-refractivity contribution is 0.714. The highest BCUT2D eigenvalue weighted by Crippen LogP contribution is 2.56. The van der Waals surface area contributed by atoms with Crippen LogP contribution >= 0.6 is 11.3 Å². The van der Waals surface area contributed by atoms with E-state index in [4.69, 9.17) is 0 Å². The maximum Gasteiger partial charge on any atom is 0.0468 e. The van der Waals surface area contributed by atoms with E-state index in [-0.39, 0.29) is 10.8 Å². The summed E-state index contributed by atoms with van der Waals surface area (Å²) in [6.45, 7) is 4.79. The fraction of sp³-hybridized carbons (Fsp3) is 0.0690. The summed E-state index contributed by atoms with van der Waals surface area (Å²) in [5, 5.41) is 2.64. The molecule has 0 bridgehead atoms. The Bertz CT molecular complexity index is 3160. The average Bonchev–Trinajstić information content (AvgIpc) is 3.91. The molecule has 0 fully saturated rings. The number of hydrogen-bond donors (Lipinski definition) is 0. The van der Waals surface area contributed by atoms with Crippen LogP contribution in [0.25, 0.3) is 53.6 Å². The third-order valence-electron chi connectivity index (χ3n) is 13.6. The predicted molar refractivity (Wildman–Crippen MR) is 254 cm³/mol. The molecule has 0 saturated heterocycles. The summed E-state index contributed by atoms with van der Waals surface area (Å²) in [7, 11) is 0. The van der Waals surface area contributed by atoms with Crippen molar-refractivity contribution in [1.82, 2.24) is 0 Å². The van der Waals surface area contributed by atoms with Crippen LogP contribution in [0.15, 0.2) is 212 Å². The van der Waals surface area contributed by atoms with E-state index >= 15 is 0 Å². The lowest BCUT2D eigenvalue weighted by Crippen LogP contribution is -2.22. The van der Waals surface area contributed by atoms with Crippen LogP contribution in [-0.4, -0.2) is 0 Å². The molecule has 0 spiro atoms. The molecule has 2 unspecified atom stereocenters. The summed E-state index contributed by atoms with van der Waals surface area (Å²) in [6.07, 6.45) is 0. The Balaban J connectivity index is 1.08. The molecule has 10 aromatic rings. The first-order chi connectivity index (χ1) is 29.5. The van der Waals surface area contributed by atoms with Gasteiger partial charge < -0.3 is 4.90 Å². The first kappa shape index (κ1) is 35.0. The largest absolute Gasteiger partial charge is 0.310 e. The van der Waals surface area contributed by atoms with E-state index in [9.17, 15) is 0 Å². The van der Waals surface area contributed by atoms with Gasteiger partial charge in [0.05, 0.1) is 0 Å². The van der Waals surface area contributed by atoms with Crippen LogP contribution in [0.2, 0.25) is 0 Å². The third-order valence-corrected chi connectivity index (χ3v) is 14.8. The minimum Gasteiger partial charge on any atom is -0.310 e. The zero-order valence-corrected chi connectivity index (χ0v) is 34.4. The van der Waals surface area contributed by atoms with E-state index in [1.807, 2.05) is 11.3 Å². The lowest BCUT2D eigenvalue weighted by atomic mass is 9.74. The highest BCUT2D eigenvalue weighted by Gasteiger charge is 2.42. The molecule has 1 nitrogen and oxygen atoms in total. The molecule has 2 heteroatoms. The predicted octanol–water partition coefficient (Wildman–Crippen LogP) is 15.9. The topological polar surface area (TPSA) is 3.24 Å². The maximum atomic E-state index is 2.48. The Morgan fingerprint density at radius 1 is 0.350 bits per heavy atom. The second-order valence-corrected chi connectivity index (χ2v) is 17.8. The molecule has 0 saturated carbocycles. The van der Waals surface area contributed by atoms with Crippen molar-refractivity contribution < 1.29 is 0 Å². The van der Waals surface area contributed by atoms with Gasteiger partial charge >= 0.3 is 0 Å². The van der Waals surface area contributed by atoms with Crippen LogP contribution in [0.1, 0.15) is 47.2 Å². The molecule has 0 amide bonds. The van der Waals surface area contributed by atoms with Crippen LogP contribution < -0.4 is 4.90 Å². The van der Waals surface area contributed by atoms with Gasteiger partial charge in [-0.1, -0.05) is 164 Å². The first-order valence-corrected chi connectivity index (χ1v) is 21.7. The summed E-state index contributed by atoms with van der Waals surface area (Å²) < 4.78 is 2.63. The molecular formula is C58H41NS. The van der Waals surface area contributed by atoms with Crippen molar-refractivity contribution in [2.45, 2.75) is 24.7 Å². The van der Waals surface area contributed by atoms with E-state index in [1.165, 1.54) is 86.9 Å². The van der Waals surface area contributed by atoms with Gasteiger partial charge in [-0.15, -0.1) is 11.3 Å². The van der Waals surface area contributed by atoms with Crippen LogP contribution in [0.4, 0.5) is 17.1 Å². The van der Waals surface area contributed by atoms with Gasteiger partial charge in [0.2, 0.25) is 0 Å². The molecule has 2 aliphatic carbocycles. The molecule has 60 heavy (non-hydrogen) atoms. The summed E-state index contributed by atoms with van der Waals surface area (Å²) in [5.41, 5.74) is 18.5. The van der Waals surface area contributed by atoms with Crippen molar-refractivity contribution in [3.8, 4) is 33.4 Å². The van der Waals surface area contributed by atoms with Crippen LogP contribution in [0.3, 0.4) is 0 Å². The molecule has 2 aliphatic rings.